The van der Waals surface area contributed by atoms with Gasteiger partial charge >= 0.3 is 0 Å². The molecule has 3 aliphatic rings. The van der Waals surface area contributed by atoms with E-state index in [4.69, 9.17) is 0 Å². The van der Waals surface area contributed by atoms with Gasteiger partial charge in [-0.15, -0.1) is 0 Å². The lowest BCUT2D eigenvalue weighted by Gasteiger charge is -2.24. The van der Waals surface area contributed by atoms with Crippen LogP contribution in [0.5, 0.6) is 0 Å². The van der Waals surface area contributed by atoms with Gasteiger partial charge in [-0.25, -0.2) is 0 Å². The summed E-state index contributed by atoms with van der Waals surface area (Å²) >= 11 is 0. The molecule has 16 heavy (non-hydrogen) atoms. The van der Waals surface area contributed by atoms with Crippen molar-refractivity contribution in [2.45, 2.75) is 64.3 Å². The van der Waals surface area contributed by atoms with Crippen molar-refractivity contribution in [1.82, 2.24) is 5.32 Å². The van der Waals surface area contributed by atoms with Crippen LogP contribution in [0.1, 0.15) is 58.3 Å². The summed E-state index contributed by atoms with van der Waals surface area (Å²) < 4.78 is 0. The predicted molar refractivity (Wildman–Crippen MR) is 68.4 cm³/mol. The Morgan fingerprint density at radius 1 is 1.00 bits per heavy atom. The fraction of sp³-hybridized carbons (Fsp3) is 1.00. The maximum absolute atomic E-state index is 3.93. The highest BCUT2D eigenvalue weighted by Crippen LogP contribution is 2.49. The monoisotopic (exact) mass is 221 g/mol. The lowest BCUT2D eigenvalue weighted by Crippen LogP contribution is -2.37. The molecule has 0 aliphatic heterocycles. The summed E-state index contributed by atoms with van der Waals surface area (Å²) in [5.74, 6) is 4.26. The Morgan fingerprint density at radius 2 is 1.69 bits per heavy atom. The lowest BCUT2D eigenvalue weighted by atomic mass is 9.95. The second-order valence-corrected chi connectivity index (χ2v) is 6.45. The van der Waals surface area contributed by atoms with Crippen molar-refractivity contribution in [2.75, 3.05) is 6.54 Å². The molecule has 3 saturated carbocycles. The molecule has 3 fully saturated rings. The second kappa shape index (κ2) is 4.68. The van der Waals surface area contributed by atoms with Crippen LogP contribution in [0.2, 0.25) is 0 Å². The first kappa shape index (κ1) is 11.1. The van der Waals surface area contributed by atoms with E-state index in [1.54, 1.807) is 0 Å². The van der Waals surface area contributed by atoms with Gasteiger partial charge in [-0.3, -0.25) is 0 Å². The van der Waals surface area contributed by atoms with E-state index in [0.29, 0.717) is 0 Å². The molecule has 0 aromatic rings. The summed E-state index contributed by atoms with van der Waals surface area (Å²) in [5, 5.41) is 3.93. The zero-order valence-electron chi connectivity index (χ0n) is 10.8. The summed E-state index contributed by atoms with van der Waals surface area (Å²) in [6.45, 7) is 3.71. The van der Waals surface area contributed by atoms with Gasteiger partial charge in [0.25, 0.3) is 0 Å². The van der Waals surface area contributed by atoms with Crippen LogP contribution in [-0.2, 0) is 0 Å². The first-order chi connectivity index (χ1) is 7.88. The molecule has 0 aromatic heterocycles. The van der Waals surface area contributed by atoms with E-state index in [0.717, 1.165) is 29.7 Å². The van der Waals surface area contributed by atoms with Crippen LogP contribution in [0.3, 0.4) is 0 Å². The fourth-order valence-electron chi connectivity index (χ4n) is 3.85. The summed E-state index contributed by atoms with van der Waals surface area (Å²) in [5.41, 5.74) is 0. The van der Waals surface area contributed by atoms with Gasteiger partial charge in [0.15, 0.2) is 0 Å². The topological polar surface area (TPSA) is 12.0 Å². The van der Waals surface area contributed by atoms with E-state index >= 15 is 0 Å². The highest BCUT2D eigenvalue weighted by molar-refractivity contribution is 4.93. The third-order valence-electron chi connectivity index (χ3n) is 5.25. The minimum atomic E-state index is 0.866. The van der Waals surface area contributed by atoms with Crippen LogP contribution in [0, 0.1) is 23.7 Å². The molecule has 1 heteroatoms. The molecular weight excluding hydrogens is 194 g/mol. The van der Waals surface area contributed by atoms with Gasteiger partial charge in [0.05, 0.1) is 0 Å². The Morgan fingerprint density at radius 3 is 2.25 bits per heavy atom. The fourth-order valence-corrected chi connectivity index (χ4v) is 3.85. The van der Waals surface area contributed by atoms with Gasteiger partial charge in [-0.2, -0.15) is 0 Å². The Labute approximate surface area is 100 Å². The van der Waals surface area contributed by atoms with E-state index in [1.165, 1.54) is 57.9 Å². The number of nitrogens with one attached hydrogen (secondary N) is 1. The van der Waals surface area contributed by atoms with E-state index < -0.39 is 0 Å². The molecule has 2 atom stereocenters. The van der Waals surface area contributed by atoms with Gasteiger partial charge in [0.1, 0.15) is 0 Å². The molecule has 1 N–H and O–H groups in total. The third-order valence-corrected chi connectivity index (χ3v) is 5.25. The average Bonchev–Trinajstić information content (AvgIpc) is 3.19. The van der Waals surface area contributed by atoms with Crippen LogP contribution < -0.4 is 5.32 Å². The van der Waals surface area contributed by atoms with Gasteiger partial charge in [0.2, 0.25) is 0 Å². The summed E-state index contributed by atoms with van der Waals surface area (Å²) in [6.07, 6.45) is 11.9. The van der Waals surface area contributed by atoms with Gasteiger partial charge < -0.3 is 5.32 Å². The molecule has 0 saturated heterocycles. The highest BCUT2D eigenvalue weighted by Gasteiger charge is 2.41. The SMILES string of the molecule is CCC1CCCC1NCC(C1CC1)C1CC1. The molecule has 3 rings (SSSR count). The van der Waals surface area contributed by atoms with Crippen LogP contribution in [0.25, 0.3) is 0 Å². The number of rotatable bonds is 6. The normalized spacial score (nSPS) is 34.9. The Balaban J connectivity index is 1.46. The van der Waals surface area contributed by atoms with Crippen LogP contribution >= 0.6 is 0 Å². The molecule has 92 valence electrons. The van der Waals surface area contributed by atoms with Crippen molar-refractivity contribution >= 4 is 0 Å². The first-order valence-corrected chi connectivity index (χ1v) is 7.62. The number of hydrogen-bond acceptors (Lipinski definition) is 1. The number of hydrogen-bond donors (Lipinski definition) is 1. The minimum absolute atomic E-state index is 0.866. The third kappa shape index (κ3) is 2.45. The molecule has 0 amide bonds. The molecule has 0 radical (unpaired) electrons. The summed E-state index contributed by atoms with van der Waals surface area (Å²) in [6, 6.07) is 0.866. The Bertz CT molecular complexity index is 218. The first-order valence-electron chi connectivity index (χ1n) is 7.62. The predicted octanol–water partition coefficient (Wildman–Crippen LogP) is 3.59. The minimum Gasteiger partial charge on any atom is -0.313 e. The zero-order chi connectivity index (χ0) is 11.0. The Kier molecular flexibility index (Phi) is 3.24. The van der Waals surface area contributed by atoms with Crippen LogP contribution in [-0.4, -0.2) is 12.6 Å². The van der Waals surface area contributed by atoms with E-state index in [2.05, 4.69) is 12.2 Å². The van der Waals surface area contributed by atoms with E-state index in [-0.39, 0.29) is 0 Å². The lowest BCUT2D eigenvalue weighted by molar-refractivity contribution is 0.319. The van der Waals surface area contributed by atoms with Gasteiger partial charge in [0, 0.05) is 6.04 Å². The molecule has 0 aromatic carbocycles. The maximum Gasteiger partial charge on any atom is 0.00953 e. The molecule has 0 heterocycles. The smallest absolute Gasteiger partial charge is 0.00953 e. The van der Waals surface area contributed by atoms with Gasteiger partial charge in [-0.05, 0) is 68.7 Å². The Hall–Kier alpha value is -0.0400. The standard InChI is InChI=1S/C15H27N/c1-2-11-4-3-5-15(11)16-10-14(12-6-7-12)13-8-9-13/h11-16H,2-10H2,1H3. The van der Waals surface area contributed by atoms with Gasteiger partial charge in [-0.1, -0.05) is 19.8 Å². The highest BCUT2D eigenvalue weighted by atomic mass is 14.9. The molecular formula is C15H27N. The van der Waals surface area contributed by atoms with Crippen molar-refractivity contribution in [3.05, 3.63) is 0 Å². The largest absolute Gasteiger partial charge is 0.313 e. The maximum atomic E-state index is 3.93. The van der Waals surface area contributed by atoms with Crippen molar-refractivity contribution < 1.29 is 0 Å². The van der Waals surface area contributed by atoms with Crippen molar-refractivity contribution in [3.8, 4) is 0 Å². The van der Waals surface area contributed by atoms with E-state index in [1.807, 2.05) is 0 Å². The second-order valence-electron chi connectivity index (χ2n) is 6.45. The van der Waals surface area contributed by atoms with Crippen molar-refractivity contribution in [3.63, 3.8) is 0 Å². The molecule has 0 bridgehead atoms. The van der Waals surface area contributed by atoms with Crippen molar-refractivity contribution in [1.29, 1.82) is 0 Å². The van der Waals surface area contributed by atoms with Crippen LogP contribution in [0.15, 0.2) is 0 Å². The molecule has 1 nitrogen and oxygen atoms in total. The van der Waals surface area contributed by atoms with Crippen LogP contribution in [0.4, 0.5) is 0 Å². The van der Waals surface area contributed by atoms with Crippen molar-refractivity contribution in [2.24, 2.45) is 23.7 Å². The quantitative estimate of drug-likeness (QED) is 0.723. The zero-order valence-corrected chi connectivity index (χ0v) is 10.8. The summed E-state index contributed by atoms with van der Waals surface area (Å²) in [7, 11) is 0. The molecule has 0 spiro atoms. The average molecular weight is 221 g/mol. The molecule has 2 unspecified atom stereocenters. The van der Waals surface area contributed by atoms with E-state index in [9.17, 15) is 0 Å². The molecule has 3 aliphatic carbocycles. The summed E-state index contributed by atoms with van der Waals surface area (Å²) in [4.78, 5) is 0.